The van der Waals surface area contributed by atoms with E-state index in [1.54, 1.807) is 0 Å². The fourth-order valence-electron chi connectivity index (χ4n) is 6.25. The second-order valence-electron chi connectivity index (χ2n) is 16.2. The summed E-state index contributed by atoms with van der Waals surface area (Å²) in [4.78, 5) is 109. The van der Waals surface area contributed by atoms with Crippen LogP contribution >= 0.6 is 35.2 Å². The molecule has 70 heavy (non-hydrogen) atoms. The molecule has 2 aromatic rings. The average molecular weight is 1060 g/mol. The summed E-state index contributed by atoms with van der Waals surface area (Å²) in [5.41, 5.74) is 4.04. The lowest BCUT2D eigenvalue weighted by atomic mass is 9.87. The molecule has 7 atom stereocenters. The first kappa shape index (κ1) is 60.5. The van der Waals surface area contributed by atoms with E-state index in [4.69, 9.17) is 10.5 Å². The molecule has 0 radical (unpaired) electrons. The molecule has 2 amide bonds. The molecule has 1 fully saturated rings. The number of aliphatic hydroxyl groups excluding tert-OH is 2. The maximum Gasteiger partial charge on any atom is 0.274 e. The first-order valence-corrected chi connectivity index (χ1v) is 27.4. The molecule has 0 spiro atoms. The van der Waals surface area contributed by atoms with Gasteiger partial charge in [-0.15, -0.1) is 0 Å². The number of ketones is 1. The number of amides is 2. The van der Waals surface area contributed by atoms with Gasteiger partial charge in [0.2, 0.25) is 11.8 Å². The highest BCUT2D eigenvalue weighted by molar-refractivity contribution is 8.13. The summed E-state index contributed by atoms with van der Waals surface area (Å²) in [5.74, 6) is -1.60. The van der Waals surface area contributed by atoms with Gasteiger partial charge in [0.1, 0.15) is 42.0 Å². The number of ether oxygens (including phenoxy) is 1. The molecule has 3 rings (SSSR count). The summed E-state index contributed by atoms with van der Waals surface area (Å²) in [5, 5.41) is 26.0. The van der Waals surface area contributed by atoms with Gasteiger partial charge in [0.25, 0.3) is 15.6 Å². The predicted molar refractivity (Wildman–Crippen MR) is 247 cm³/mol. The molecular formula is C41H60N7O18P3S-4. The van der Waals surface area contributed by atoms with Crippen molar-refractivity contribution in [2.45, 2.75) is 116 Å². The number of aromatic nitrogens is 4. The highest BCUT2D eigenvalue weighted by Gasteiger charge is 2.47. The van der Waals surface area contributed by atoms with Crippen molar-refractivity contribution in [1.29, 1.82) is 0 Å². The van der Waals surface area contributed by atoms with Gasteiger partial charge >= 0.3 is 0 Å². The normalized spacial score (nSPS) is 20.1. The lowest BCUT2D eigenvalue weighted by Crippen LogP contribution is -2.46. The van der Waals surface area contributed by atoms with Gasteiger partial charge in [0.05, 0.1) is 33.8 Å². The highest BCUT2D eigenvalue weighted by Crippen LogP contribution is 2.56. The number of imidazole rings is 1. The number of hydrogen-bond acceptors (Lipinski definition) is 23. The number of nitrogens with one attached hydrogen (secondary N) is 2. The number of allylic oxidation sites excluding steroid dienone is 8. The maximum atomic E-state index is 12.6. The van der Waals surface area contributed by atoms with Crippen molar-refractivity contribution in [3.63, 3.8) is 0 Å². The molecule has 392 valence electrons. The number of anilines is 1. The molecule has 1 aliphatic heterocycles. The number of carbonyl (C=O) groups is 4. The van der Waals surface area contributed by atoms with Crippen LogP contribution in [0.4, 0.5) is 5.82 Å². The minimum absolute atomic E-state index is 0.0284. The van der Waals surface area contributed by atoms with Crippen LogP contribution in [0.2, 0.25) is 0 Å². The predicted octanol–water partition coefficient (Wildman–Crippen LogP) is 1.46. The Hall–Kier alpha value is -3.81. The number of nitrogen functional groups attached to an aromatic ring is 1. The van der Waals surface area contributed by atoms with E-state index in [-0.39, 0.29) is 59.6 Å². The number of rotatable bonds is 33. The number of phosphoric ester groups is 3. The number of unbranched alkanes of at least 4 members (excludes halogenated alkanes) is 2. The topological polar surface area (TPSA) is 392 Å². The zero-order valence-corrected chi connectivity index (χ0v) is 42.3. The first-order valence-electron chi connectivity index (χ1n) is 22.0. The van der Waals surface area contributed by atoms with Crippen LogP contribution in [-0.4, -0.2) is 109 Å². The fraction of sp³-hybridized carbons (Fsp3) is 0.585. The molecule has 1 aliphatic rings. The zero-order chi connectivity index (χ0) is 52.0. The molecule has 1 saturated heterocycles. The second-order valence-corrected chi connectivity index (χ2v) is 21.4. The zero-order valence-electron chi connectivity index (χ0n) is 38.8. The summed E-state index contributed by atoms with van der Waals surface area (Å²) in [6, 6.07) is 0. The number of nitrogens with two attached hydrogens (primary N) is 1. The van der Waals surface area contributed by atoms with Crippen LogP contribution in [0, 0.1) is 5.41 Å². The Kier molecular flexibility index (Phi) is 25.6. The van der Waals surface area contributed by atoms with Crippen LogP contribution in [-0.2, 0) is 55.5 Å². The molecule has 3 heterocycles. The highest BCUT2D eigenvalue weighted by atomic mass is 32.2. The number of Topliss-reactive ketones (excluding diaryl/α,β-unsaturated/α-hetero) is 1. The molecule has 2 unspecified atom stereocenters. The third-order valence-electron chi connectivity index (χ3n) is 9.88. The van der Waals surface area contributed by atoms with E-state index in [0.717, 1.165) is 67.5 Å². The Morgan fingerprint density at radius 2 is 1.56 bits per heavy atom. The Balaban J connectivity index is 1.31. The Morgan fingerprint density at radius 3 is 2.21 bits per heavy atom. The van der Waals surface area contributed by atoms with E-state index in [0.29, 0.717) is 12.8 Å². The van der Waals surface area contributed by atoms with E-state index in [2.05, 4.69) is 99.0 Å². The number of fused-ring (bicyclic) bond motifs is 1. The fourth-order valence-corrected chi connectivity index (χ4v) is 9.69. The SMILES string of the molecule is CC/C=C\C/C=C\C/C=C\C/C=C\CCCCC(=O)CC(=O)SCCNC(=O)CCNC(=O)[C@H](O)C(C)(C)COP(=O)([O-])OP(=O)([O-])OC[C@H]1O[C@@H](n2cnc3c(N)ncnc32)[C@H](O)[C@@H]1OP(=O)([O-])[O-]. The molecular weight excluding hydrogens is 1000 g/mol. The Morgan fingerprint density at radius 1 is 0.914 bits per heavy atom. The van der Waals surface area contributed by atoms with Gasteiger partial charge in [-0.3, -0.25) is 32.9 Å². The van der Waals surface area contributed by atoms with E-state index in [9.17, 15) is 62.7 Å². The molecule has 6 N–H and O–H groups in total. The molecule has 25 nitrogen and oxygen atoms in total. The Bertz CT molecular complexity index is 2310. The van der Waals surface area contributed by atoms with Gasteiger partial charge in [-0.1, -0.05) is 81.1 Å². The van der Waals surface area contributed by atoms with E-state index >= 15 is 0 Å². The van der Waals surface area contributed by atoms with Crippen LogP contribution in [0.1, 0.15) is 91.2 Å². The van der Waals surface area contributed by atoms with Crippen molar-refractivity contribution >= 4 is 74.9 Å². The number of nitrogens with zero attached hydrogens (tertiary/aromatic N) is 4. The van der Waals surface area contributed by atoms with Crippen molar-refractivity contribution in [1.82, 2.24) is 30.2 Å². The quantitative estimate of drug-likeness (QED) is 0.0292. The van der Waals surface area contributed by atoms with Gasteiger partial charge in [0, 0.05) is 37.1 Å². The molecule has 2 aromatic heterocycles. The number of phosphoric acid groups is 3. The summed E-state index contributed by atoms with van der Waals surface area (Å²) in [6.07, 6.45) is 15.4. The molecule has 0 bridgehead atoms. The van der Waals surface area contributed by atoms with Crippen molar-refractivity contribution in [3.8, 4) is 0 Å². The van der Waals surface area contributed by atoms with Crippen LogP contribution in [0.5, 0.6) is 0 Å². The van der Waals surface area contributed by atoms with Crippen molar-refractivity contribution in [2.24, 2.45) is 5.41 Å². The molecule has 0 aliphatic carbocycles. The van der Waals surface area contributed by atoms with E-state index < -0.39 is 84.6 Å². The third-order valence-corrected chi connectivity index (χ3v) is 13.8. The smallest absolute Gasteiger partial charge is 0.274 e. The van der Waals surface area contributed by atoms with Crippen LogP contribution in [0.3, 0.4) is 0 Å². The summed E-state index contributed by atoms with van der Waals surface area (Å²) >= 11 is 0.905. The van der Waals surface area contributed by atoms with Gasteiger partial charge in [-0.05, 0) is 44.9 Å². The summed E-state index contributed by atoms with van der Waals surface area (Å²) in [6.45, 7) is 2.00. The van der Waals surface area contributed by atoms with Crippen LogP contribution in [0.15, 0.2) is 61.3 Å². The van der Waals surface area contributed by atoms with Crippen LogP contribution < -0.4 is 35.9 Å². The second kappa shape index (κ2) is 29.6. The summed E-state index contributed by atoms with van der Waals surface area (Å²) in [7, 11) is -17.7. The summed E-state index contributed by atoms with van der Waals surface area (Å²) < 4.78 is 60.8. The number of aliphatic hydroxyl groups is 2. The van der Waals surface area contributed by atoms with Gasteiger partial charge in [-0.2, -0.15) is 0 Å². The molecule has 0 aromatic carbocycles. The third kappa shape index (κ3) is 22.3. The number of hydrogen-bond donors (Lipinski definition) is 5. The maximum absolute atomic E-state index is 12.6. The van der Waals surface area contributed by atoms with Crippen molar-refractivity contribution in [2.75, 3.05) is 37.8 Å². The largest absolute Gasteiger partial charge is 0.790 e. The standard InChI is InChI=1S/C41H64N7O18P3S/c1-4-5-6-7-8-9-10-11-12-13-14-15-16-17-18-19-29(49)24-32(51)70-23-22-43-31(50)20-21-44-39(54)36(53)41(2,3)26-63-69(60,61)66-68(58,59)62-25-30-35(65-67(55,56)57)34(52)40(64-30)48-28-47-33-37(42)45-27-46-38(33)48/h5-6,8-9,11-12,14-15,27-28,30,34-36,40,52-53H,4,7,10,13,16-26H2,1-3H3,(H,43,50)(H,44,54)(H,58,59)(H,60,61)(H2,42,45,46)(H2,55,56,57)/p-4/b6-5-,9-8-,12-11-,15-14-/t30-,34-,35-,36+,40-/m1/s1. The average Bonchev–Trinajstić information content (AvgIpc) is 3.84. The van der Waals surface area contributed by atoms with Crippen LogP contribution in [0.25, 0.3) is 11.2 Å². The lowest BCUT2D eigenvalue weighted by molar-refractivity contribution is -0.347. The van der Waals surface area contributed by atoms with Gasteiger partial charge in [-0.25, -0.2) is 19.3 Å². The van der Waals surface area contributed by atoms with E-state index in [1.165, 1.54) is 13.8 Å². The molecule has 0 saturated carbocycles. The molecule has 29 heteroatoms. The van der Waals surface area contributed by atoms with Gasteiger partial charge in [0.15, 0.2) is 22.8 Å². The first-order chi connectivity index (χ1) is 32.9. The number of thioether (sulfide) groups is 1. The number of carbonyl (C=O) groups excluding carboxylic acids is 4. The minimum Gasteiger partial charge on any atom is -0.790 e. The van der Waals surface area contributed by atoms with Crippen molar-refractivity contribution < 1.29 is 85.3 Å². The van der Waals surface area contributed by atoms with E-state index in [1.807, 2.05) is 0 Å². The Labute approximate surface area is 409 Å². The van der Waals surface area contributed by atoms with Gasteiger partial charge < -0.3 is 69.0 Å². The minimum atomic E-state index is -5.94. The lowest BCUT2D eigenvalue weighted by Gasteiger charge is -2.36. The monoisotopic (exact) mass is 1060 g/mol. The van der Waals surface area contributed by atoms with Crippen molar-refractivity contribution in [3.05, 3.63) is 61.3 Å².